The Kier molecular flexibility index (Phi) is 7.47. The van der Waals surface area contributed by atoms with Gasteiger partial charge in [0.05, 0.1) is 24.4 Å². The summed E-state index contributed by atoms with van der Waals surface area (Å²) in [6, 6.07) is 3.54. The zero-order valence-corrected chi connectivity index (χ0v) is 23.5. The molecule has 3 atom stereocenters. The van der Waals surface area contributed by atoms with Crippen molar-refractivity contribution < 1.29 is 38.8 Å². The number of carbonyl (C=O) groups excluding carboxylic acids is 3. The van der Waals surface area contributed by atoms with E-state index >= 15 is 4.39 Å². The van der Waals surface area contributed by atoms with Crippen LogP contribution in [-0.2, 0) is 34.0 Å². The van der Waals surface area contributed by atoms with Crippen LogP contribution in [0.2, 0.25) is 0 Å². The number of hydrogen-bond acceptors (Lipinski definition) is 9. The van der Waals surface area contributed by atoms with Gasteiger partial charge >= 0.3 is 0 Å². The number of aliphatic hydroxyl groups is 2. The number of nitrogens with one attached hydrogen (secondary N) is 2. The molecule has 16 heteroatoms. The van der Waals surface area contributed by atoms with Crippen LogP contribution in [0.15, 0.2) is 18.2 Å². The van der Waals surface area contributed by atoms with Crippen molar-refractivity contribution in [2.75, 3.05) is 31.6 Å². The third-order valence-corrected chi connectivity index (χ3v) is 8.81. The van der Waals surface area contributed by atoms with Crippen LogP contribution in [0, 0.1) is 5.82 Å². The first-order valence-electron chi connectivity index (χ1n) is 13.5. The van der Waals surface area contributed by atoms with Gasteiger partial charge in [-0.1, -0.05) is 29.1 Å². The maximum atomic E-state index is 15.5. The van der Waals surface area contributed by atoms with Crippen molar-refractivity contribution in [2.24, 2.45) is 0 Å². The van der Waals surface area contributed by atoms with Crippen molar-refractivity contribution in [2.45, 2.75) is 36.7 Å². The van der Waals surface area contributed by atoms with E-state index in [9.17, 15) is 29.7 Å². The number of anilines is 1. The standard InChI is InChI=1S/C25H31B4FN4O7/c26-15-14-13(10-34(22(14)37)20-21(36)32-23(38)25(29,40)24(20,28)39)18(19(35)16(15)27)31-8-11-2-1-3-12(17(11)30)9-33-4-6-41-7-5-33/h1-3,20,31,35,39-40H,4-10,26-29H2,(H,32,36,38). The molecule has 0 aromatic heterocycles. The van der Waals surface area contributed by atoms with Gasteiger partial charge in [0.2, 0.25) is 0 Å². The minimum absolute atomic E-state index is 0.00428. The van der Waals surface area contributed by atoms with Gasteiger partial charge in [-0.3, -0.25) is 24.6 Å². The number of benzene rings is 2. The number of piperidine rings is 1. The second-order valence-electron chi connectivity index (χ2n) is 11.3. The fourth-order valence-electron chi connectivity index (χ4n) is 5.85. The molecule has 3 aliphatic heterocycles. The first-order valence-corrected chi connectivity index (χ1v) is 13.5. The Hall–Kier alpha value is -3.32. The van der Waals surface area contributed by atoms with Gasteiger partial charge in [0.15, 0.2) is 7.85 Å². The van der Waals surface area contributed by atoms with E-state index in [1.165, 1.54) is 0 Å². The Morgan fingerprint density at radius 1 is 1.10 bits per heavy atom. The quantitative estimate of drug-likeness (QED) is 0.132. The number of phenols is 1. The molecule has 5 N–H and O–H groups in total. The van der Waals surface area contributed by atoms with Gasteiger partial charge < -0.3 is 30.3 Å². The SMILES string of the molecule is Bc1c(B)c2c(c(NCc3cccc(CN4CCOCC4)c3F)c1O)CN(C1C(=O)NC(=O)C(B)(O)C1(B)O)C2=O. The van der Waals surface area contributed by atoms with Gasteiger partial charge in [-0.2, -0.15) is 0 Å². The number of amides is 3. The second-order valence-corrected chi connectivity index (χ2v) is 11.3. The molecule has 0 radical (unpaired) electrons. The molecule has 41 heavy (non-hydrogen) atoms. The van der Waals surface area contributed by atoms with Crippen molar-refractivity contribution in [3.05, 3.63) is 46.3 Å². The molecule has 5 rings (SSSR count). The molecule has 2 aromatic rings. The monoisotopic (exact) mass is 562 g/mol. The number of carbonyl (C=O) groups is 3. The van der Waals surface area contributed by atoms with Crippen molar-refractivity contribution in [1.29, 1.82) is 0 Å². The maximum Gasteiger partial charge on any atom is 0.254 e. The summed E-state index contributed by atoms with van der Waals surface area (Å²) in [7, 11) is 5.51. The Morgan fingerprint density at radius 2 is 1.76 bits per heavy atom. The largest absolute Gasteiger partial charge is 0.506 e. The van der Waals surface area contributed by atoms with Gasteiger partial charge in [0.1, 0.15) is 46.6 Å². The van der Waals surface area contributed by atoms with Crippen LogP contribution in [-0.4, -0.2) is 118 Å². The summed E-state index contributed by atoms with van der Waals surface area (Å²) in [6.07, 6.45) is 0. The number of fused-ring (bicyclic) bond motifs is 1. The van der Waals surface area contributed by atoms with Gasteiger partial charge in [-0.05, 0) is 0 Å². The van der Waals surface area contributed by atoms with Crippen LogP contribution >= 0.6 is 0 Å². The lowest BCUT2D eigenvalue weighted by molar-refractivity contribution is -0.167. The van der Waals surface area contributed by atoms with Gasteiger partial charge in [0, 0.05) is 55.0 Å². The average Bonchev–Trinajstić information content (AvgIpc) is 3.25. The lowest BCUT2D eigenvalue weighted by Gasteiger charge is -2.48. The molecule has 0 saturated carbocycles. The predicted molar refractivity (Wildman–Crippen MR) is 158 cm³/mol. The molecule has 2 aromatic carbocycles. The van der Waals surface area contributed by atoms with Crippen molar-refractivity contribution in [3.8, 4) is 5.75 Å². The third kappa shape index (κ3) is 4.72. The number of imide groups is 1. The van der Waals surface area contributed by atoms with Crippen molar-refractivity contribution in [3.63, 3.8) is 0 Å². The number of hydrogen-bond donors (Lipinski definition) is 5. The van der Waals surface area contributed by atoms with E-state index in [1.54, 1.807) is 33.9 Å². The lowest BCUT2D eigenvalue weighted by atomic mass is 9.53. The van der Waals surface area contributed by atoms with Crippen molar-refractivity contribution >= 4 is 65.7 Å². The highest BCUT2D eigenvalue weighted by molar-refractivity contribution is 6.53. The minimum Gasteiger partial charge on any atom is -0.506 e. The molecule has 3 amide bonds. The number of halogens is 1. The molecule has 3 aliphatic rings. The van der Waals surface area contributed by atoms with E-state index in [-0.39, 0.29) is 35.9 Å². The number of aromatic hydroxyl groups is 1. The molecule has 3 heterocycles. The first-order chi connectivity index (χ1) is 19.3. The van der Waals surface area contributed by atoms with E-state index in [2.05, 4.69) is 10.2 Å². The van der Waals surface area contributed by atoms with Crippen LogP contribution in [0.4, 0.5) is 10.1 Å². The number of rotatable bonds is 6. The fraction of sp³-hybridized carbons (Fsp3) is 0.400. The molecule has 11 nitrogen and oxygen atoms in total. The Labute approximate surface area is 240 Å². The molecule has 3 unspecified atom stereocenters. The van der Waals surface area contributed by atoms with Crippen LogP contribution < -0.4 is 21.6 Å². The highest BCUT2D eigenvalue weighted by Crippen LogP contribution is 2.38. The van der Waals surface area contributed by atoms with Gasteiger partial charge in [-0.15, -0.1) is 0 Å². The zero-order chi connectivity index (χ0) is 29.9. The molecule has 2 saturated heterocycles. The molecule has 212 valence electrons. The fourth-order valence-corrected chi connectivity index (χ4v) is 5.85. The number of nitrogens with zero attached hydrogens (tertiary/aromatic N) is 2. The molecule has 2 fully saturated rings. The molecular weight excluding hydrogens is 531 g/mol. The molecule has 0 spiro atoms. The smallest absolute Gasteiger partial charge is 0.254 e. The van der Waals surface area contributed by atoms with Gasteiger partial charge in [-0.25, -0.2) is 4.39 Å². The summed E-state index contributed by atoms with van der Waals surface area (Å²) in [6.45, 7) is 2.86. The van der Waals surface area contributed by atoms with E-state index in [0.717, 1.165) is 20.6 Å². The summed E-state index contributed by atoms with van der Waals surface area (Å²) < 4.78 is 20.9. The highest BCUT2D eigenvalue weighted by Gasteiger charge is 2.62. The molecule has 0 bridgehead atoms. The Balaban J connectivity index is 1.45. The average molecular weight is 562 g/mol. The number of morpholine rings is 1. The first kappa shape index (κ1) is 29.2. The molecule has 0 aliphatic carbocycles. The van der Waals surface area contributed by atoms with E-state index in [1.807, 2.05) is 5.32 Å². The van der Waals surface area contributed by atoms with Crippen LogP contribution in [0.25, 0.3) is 0 Å². The van der Waals surface area contributed by atoms with Crippen LogP contribution in [0.1, 0.15) is 27.0 Å². The Morgan fingerprint density at radius 3 is 2.44 bits per heavy atom. The summed E-state index contributed by atoms with van der Waals surface area (Å²) in [5, 5.41) is 38.2. The summed E-state index contributed by atoms with van der Waals surface area (Å²) in [4.78, 5) is 42.1. The Bertz CT molecular complexity index is 1450. The number of ether oxygens (including phenoxy) is 1. The summed E-state index contributed by atoms with van der Waals surface area (Å²) >= 11 is 0. The van der Waals surface area contributed by atoms with E-state index < -0.39 is 34.8 Å². The summed E-state index contributed by atoms with van der Waals surface area (Å²) in [5.74, 6) is -3.10. The maximum absolute atomic E-state index is 15.5. The molecular formula is C25H31B4FN4O7. The normalized spacial score (nSPS) is 26.7. The lowest BCUT2D eigenvalue weighted by Crippen LogP contribution is -2.79. The number of phenolic OH excluding ortho intramolecular Hbond substituents is 1. The topological polar surface area (TPSA) is 152 Å². The van der Waals surface area contributed by atoms with Crippen molar-refractivity contribution in [1.82, 2.24) is 15.1 Å². The highest BCUT2D eigenvalue weighted by atomic mass is 19.1. The van der Waals surface area contributed by atoms with E-state index in [0.29, 0.717) is 60.5 Å². The minimum atomic E-state index is -2.36. The summed E-state index contributed by atoms with van der Waals surface area (Å²) in [5.41, 5.74) is -2.08. The van der Waals surface area contributed by atoms with Gasteiger partial charge in [0.25, 0.3) is 17.7 Å². The third-order valence-electron chi connectivity index (χ3n) is 8.81. The zero-order valence-electron chi connectivity index (χ0n) is 23.5. The predicted octanol–water partition coefficient (Wildman–Crippen LogP) is -5.88. The van der Waals surface area contributed by atoms with Crippen LogP contribution in [0.5, 0.6) is 5.75 Å². The van der Waals surface area contributed by atoms with E-state index in [4.69, 9.17) is 4.74 Å². The van der Waals surface area contributed by atoms with Crippen LogP contribution in [0.3, 0.4) is 0 Å². The second kappa shape index (κ2) is 10.5.